The van der Waals surface area contributed by atoms with Crippen LogP contribution in [0.15, 0.2) is 42.5 Å². The molecule has 0 spiro atoms. The Balaban J connectivity index is 2.05. The van der Waals surface area contributed by atoms with Crippen LogP contribution in [0.3, 0.4) is 0 Å². The minimum atomic E-state index is 0.113. The third-order valence-electron chi connectivity index (χ3n) is 5.10. The fraction of sp³-hybridized carbons (Fsp3) is 0.381. The number of aryl methyl sites for hydroxylation is 2. The lowest BCUT2D eigenvalue weighted by Crippen LogP contribution is -2.45. The van der Waals surface area contributed by atoms with E-state index in [9.17, 15) is 4.79 Å². The van der Waals surface area contributed by atoms with Crippen molar-refractivity contribution in [1.29, 1.82) is 0 Å². The molecular weight excluding hydrogens is 296 g/mol. The number of carbonyl (C=O) groups excluding carboxylic acids is 1. The van der Waals surface area contributed by atoms with Crippen molar-refractivity contribution < 1.29 is 4.79 Å². The molecule has 2 aromatic carbocycles. The first-order valence-corrected chi connectivity index (χ1v) is 8.59. The van der Waals surface area contributed by atoms with Gasteiger partial charge in [-0.1, -0.05) is 35.9 Å². The number of hydrogen-bond donors (Lipinski definition) is 0. The zero-order valence-electron chi connectivity index (χ0n) is 15.2. The highest BCUT2D eigenvalue weighted by Crippen LogP contribution is 2.41. The number of fused-ring (bicyclic) bond motifs is 1. The molecule has 24 heavy (non-hydrogen) atoms. The maximum atomic E-state index is 12.1. The highest BCUT2D eigenvalue weighted by Gasteiger charge is 2.34. The largest absolute Gasteiger partial charge is 0.367 e. The van der Waals surface area contributed by atoms with Gasteiger partial charge in [-0.25, -0.2) is 0 Å². The van der Waals surface area contributed by atoms with Gasteiger partial charge < -0.3 is 9.80 Å². The molecule has 3 nitrogen and oxygen atoms in total. The smallest absolute Gasteiger partial charge is 0.224 e. The van der Waals surface area contributed by atoms with Gasteiger partial charge in [0.25, 0.3) is 0 Å². The second kappa shape index (κ2) is 6.31. The van der Waals surface area contributed by atoms with Crippen LogP contribution in [-0.4, -0.2) is 19.0 Å². The molecule has 1 amide bonds. The Morgan fingerprint density at radius 1 is 1.17 bits per heavy atom. The molecule has 1 heterocycles. The van der Waals surface area contributed by atoms with Gasteiger partial charge in [0.05, 0.1) is 6.04 Å². The predicted molar refractivity (Wildman–Crippen MR) is 101 cm³/mol. The van der Waals surface area contributed by atoms with Crippen molar-refractivity contribution in [3.05, 3.63) is 59.2 Å². The molecule has 2 aromatic rings. The first kappa shape index (κ1) is 16.6. The Labute approximate surface area is 144 Å². The molecule has 0 aromatic heterocycles. The monoisotopic (exact) mass is 322 g/mol. The van der Waals surface area contributed by atoms with Crippen molar-refractivity contribution >= 4 is 17.3 Å². The summed E-state index contributed by atoms with van der Waals surface area (Å²) in [7, 11) is 2.16. The number of para-hydroxylation sites is 1. The molecule has 3 rings (SSSR count). The van der Waals surface area contributed by atoms with Gasteiger partial charge in [0.15, 0.2) is 0 Å². The van der Waals surface area contributed by atoms with Crippen LogP contribution >= 0.6 is 0 Å². The van der Waals surface area contributed by atoms with Crippen molar-refractivity contribution in [3.63, 3.8) is 0 Å². The number of anilines is 2. The second-order valence-electron chi connectivity index (χ2n) is 6.95. The van der Waals surface area contributed by atoms with E-state index < -0.39 is 0 Å². The minimum absolute atomic E-state index is 0.113. The normalized spacial score (nSPS) is 19.8. The Kier molecular flexibility index (Phi) is 4.35. The summed E-state index contributed by atoms with van der Waals surface area (Å²) in [5, 5.41) is 0. The highest BCUT2D eigenvalue weighted by molar-refractivity contribution is 5.93. The van der Waals surface area contributed by atoms with Crippen LogP contribution in [0.4, 0.5) is 11.4 Å². The van der Waals surface area contributed by atoms with Crippen molar-refractivity contribution in [2.24, 2.45) is 0 Å². The topological polar surface area (TPSA) is 23.6 Å². The van der Waals surface area contributed by atoms with Crippen molar-refractivity contribution in [3.8, 4) is 0 Å². The molecule has 1 aliphatic heterocycles. The van der Waals surface area contributed by atoms with Crippen LogP contribution in [0, 0.1) is 13.8 Å². The Bertz CT molecular complexity index is 768. The number of hydrogen-bond acceptors (Lipinski definition) is 2. The Morgan fingerprint density at radius 3 is 2.54 bits per heavy atom. The van der Waals surface area contributed by atoms with Crippen LogP contribution in [0.1, 0.15) is 43.0 Å². The quantitative estimate of drug-likeness (QED) is 0.805. The van der Waals surface area contributed by atoms with E-state index >= 15 is 0 Å². The summed E-state index contributed by atoms with van der Waals surface area (Å²) in [6, 6.07) is 15.4. The van der Waals surface area contributed by atoms with Gasteiger partial charge in [0.2, 0.25) is 5.91 Å². The van der Waals surface area contributed by atoms with Crippen LogP contribution in [0.5, 0.6) is 0 Å². The standard InChI is InChI=1S/C21H26N2O/c1-14-10-11-19(15(2)12-14)22(5)21-13-16(3)23(17(4)24)20-9-7-6-8-18(20)21/h6-12,16,21H,13H2,1-5H3/t16-,21?/m1/s1. The predicted octanol–water partition coefficient (Wildman–Crippen LogP) is 4.63. The third kappa shape index (κ3) is 2.79. The first-order valence-electron chi connectivity index (χ1n) is 8.59. The second-order valence-corrected chi connectivity index (χ2v) is 6.95. The molecular formula is C21H26N2O. The van der Waals surface area contributed by atoms with E-state index in [1.165, 1.54) is 22.4 Å². The zero-order valence-corrected chi connectivity index (χ0v) is 15.2. The van der Waals surface area contributed by atoms with E-state index in [1.807, 2.05) is 11.0 Å². The lowest BCUT2D eigenvalue weighted by molar-refractivity contribution is -0.117. The third-order valence-corrected chi connectivity index (χ3v) is 5.10. The van der Waals surface area contributed by atoms with Crippen LogP contribution in [0.2, 0.25) is 0 Å². The lowest BCUT2D eigenvalue weighted by Gasteiger charge is -2.43. The Hall–Kier alpha value is -2.29. The van der Waals surface area contributed by atoms with E-state index in [0.717, 1.165) is 12.1 Å². The van der Waals surface area contributed by atoms with Crippen molar-refractivity contribution in [1.82, 2.24) is 0 Å². The van der Waals surface area contributed by atoms with Crippen LogP contribution < -0.4 is 9.80 Å². The minimum Gasteiger partial charge on any atom is -0.367 e. The van der Waals surface area contributed by atoms with Gasteiger partial charge in [0.1, 0.15) is 0 Å². The summed E-state index contributed by atoms with van der Waals surface area (Å²) in [4.78, 5) is 16.4. The molecule has 1 unspecified atom stereocenters. The maximum absolute atomic E-state index is 12.1. The van der Waals surface area contributed by atoms with Gasteiger partial charge in [-0.05, 0) is 50.5 Å². The molecule has 0 aliphatic carbocycles. The number of nitrogens with zero attached hydrogens (tertiary/aromatic N) is 2. The molecule has 2 atom stereocenters. The zero-order chi connectivity index (χ0) is 17.4. The molecule has 1 aliphatic rings. The molecule has 0 fully saturated rings. The summed E-state index contributed by atoms with van der Waals surface area (Å²) >= 11 is 0. The number of benzene rings is 2. The van der Waals surface area contributed by atoms with Gasteiger partial charge in [0, 0.05) is 31.4 Å². The Morgan fingerprint density at radius 2 is 1.88 bits per heavy atom. The van der Waals surface area contributed by atoms with E-state index in [-0.39, 0.29) is 18.0 Å². The lowest BCUT2D eigenvalue weighted by atomic mass is 9.90. The van der Waals surface area contributed by atoms with Crippen LogP contribution in [0.25, 0.3) is 0 Å². The fourth-order valence-electron chi connectivity index (χ4n) is 4.00. The van der Waals surface area contributed by atoms with Gasteiger partial charge in [-0.15, -0.1) is 0 Å². The fourth-order valence-corrected chi connectivity index (χ4v) is 4.00. The van der Waals surface area contributed by atoms with E-state index in [2.05, 4.69) is 69.1 Å². The number of amides is 1. The molecule has 0 saturated heterocycles. The summed E-state index contributed by atoms with van der Waals surface area (Å²) in [5.41, 5.74) is 6.10. The van der Waals surface area contributed by atoms with Gasteiger partial charge in [-0.3, -0.25) is 4.79 Å². The highest BCUT2D eigenvalue weighted by atomic mass is 16.2. The van der Waals surface area contributed by atoms with E-state index in [0.29, 0.717) is 0 Å². The first-order chi connectivity index (χ1) is 11.4. The summed E-state index contributed by atoms with van der Waals surface area (Å²) in [6.07, 6.45) is 0.931. The molecule has 0 radical (unpaired) electrons. The molecule has 126 valence electrons. The average Bonchev–Trinajstić information content (AvgIpc) is 2.53. The van der Waals surface area contributed by atoms with Gasteiger partial charge in [-0.2, -0.15) is 0 Å². The van der Waals surface area contributed by atoms with Crippen molar-refractivity contribution in [2.45, 2.75) is 46.2 Å². The number of rotatable bonds is 2. The number of carbonyl (C=O) groups is 1. The molecule has 0 N–H and O–H groups in total. The van der Waals surface area contributed by atoms with Crippen molar-refractivity contribution in [2.75, 3.05) is 16.8 Å². The molecule has 0 saturated carbocycles. The van der Waals surface area contributed by atoms with Gasteiger partial charge >= 0.3 is 0 Å². The summed E-state index contributed by atoms with van der Waals surface area (Å²) in [6.45, 7) is 8.08. The molecule has 3 heteroatoms. The van der Waals surface area contributed by atoms with Crippen LogP contribution in [-0.2, 0) is 4.79 Å². The SMILES string of the molecule is CC(=O)N1c2ccccc2C(N(C)c2ccc(C)cc2C)C[C@H]1C. The summed E-state index contributed by atoms with van der Waals surface area (Å²) in [5.74, 6) is 0.113. The maximum Gasteiger partial charge on any atom is 0.224 e. The van der Waals surface area contributed by atoms with E-state index in [1.54, 1.807) is 6.92 Å². The average molecular weight is 322 g/mol. The molecule has 0 bridgehead atoms. The van der Waals surface area contributed by atoms with E-state index in [4.69, 9.17) is 0 Å². The summed E-state index contributed by atoms with van der Waals surface area (Å²) < 4.78 is 0.